The molecule has 3 nitrogen and oxygen atoms in total. The van der Waals surface area contributed by atoms with E-state index in [0.717, 1.165) is 18.2 Å². The minimum Gasteiger partial charge on any atom is -0.480 e. The molecular weight excluding hydrogens is 243 g/mol. The van der Waals surface area contributed by atoms with Gasteiger partial charge in [0.1, 0.15) is 23.1 Å². The van der Waals surface area contributed by atoms with Crippen LogP contribution in [0.5, 0.6) is 5.75 Å². The first kappa shape index (κ1) is 11.8. The van der Waals surface area contributed by atoms with Crippen molar-refractivity contribution in [2.75, 3.05) is 6.61 Å². The van der Waals surface area contributed by atoms with Crippen LogP contribution in [-0.4, -0.2) is 15.0 Å². The van der Waals surface area contributed by atoms with Crippen LogP contribution in [0.15, 0.2) is 23.1 Å². The second-order valence-electron chi connectivity index (χ2n) is 2.52. The second-order valence-corrected chi connectivity index (χ2v) is 5.06. The molecule has 0 aliphatic heterocycles. The van der Waals surface area contributed by atoms with Gasteiger partial charge >= 0.3 is 0 Å². The van der Waals surface area contributed by atoms with Crippen LogP contribution in [0.3, 0.4) is 0 Å². The fourth-order valence-electron chi connectivity index (χ4n) is 0.911. The highest BCUT2D eigenvalue weighted by atomic mass is 35.7. The second kappa shape index (κ2) is 4.51. The number of hydrogen-bond acceptors (Lipinski definition) is 3. The van der Waals surface area contributed by atoms with Gasteiger partial charge in [0, 0.05) is 10.7 Å². The third-order valence-corrected chi connectivity index (χ3v) is 2.82. The van der Waals surface area contributed by atoms with Crippen LogP contribution >= 0.6 is 10.7 Å². The van der Waals surface area contributed by atoms with Gasteiger partial charge in [-0.05, 0) is 18.2 Å². The van der Waals surface area contributed by atoms with Crippen molar-refractivity contribution >= 4 is 19.7 Å². The molecule has 15 heavy (non-hydrogen) atoms. The van der Waals surface area contributed by atoms with E-state index >= 15 is 0 Å². The predicted octanol–water partition coefficient (Wildman–Crippen LogP) is 1.77. The Morgan fingerprint density at radius 3 is 2.73 bits per heavy atom. The van der Waals surface area contributed by atoms with E-state index in [0.29, 0.717) is 0 Å². The maximum Gasteiger partial charge on any atom is 0.265 e. The molecule has 1 aromatic carbocycles. The van der Waals surface area contributed by atoms with Crippen LogP contribution in [0.4, 0.5) is 4.39 Å². The lowest BCUT2D eigenvalue weighted by Gasteiger charge is -2.06. The summed E-state index contributed by atoms with van der Waals surface area (Å²) in [5.41, 5.74) is 0. The standard InChI is InChI=1S/C9H6ClFO3S/c1-2-5-14-8-4-3-7(11)6-9(8)15(10,12)13/h1,3-4,6H,5H2. The molecule has 80 valence electrons. The quantitative estimate of drug-likeness (QED) is 0.605. The van der Waals surface area contributed by atoms with Crippen molar-refractivity contribution in [3.63, 3.8) is 0 Å². The molecule has 0 aliphatic rings. The molecule has 0 atom stereocenters. The number of benzene rings is 1. The van der Waals surface area contributed by atoms with E-state index in [-0.39, 0.29) is 12.4 Å². The molecule has 0 heterocycles. The predicted molar refractivity (Wildman–Crippen MR) is 53.8 cm³/mol. The highest BCUT2D eigenvalue weighted by Crippen LogP contribution is 2.27. The average Bonchev–Trinajstić information content (AvgIpc) is 2.14. The highest BCUT2D eigenvalue weighted by molar-refractivity contribution is 8.13. The van der Waals surface area contributed by atoms with E-state index in [1.165, 1.54) is 0 Å². The molecule has 0 aromatic heterocycles. The summed E-state index contributed by atoms with van der Waals surface area (Å²) in [6, 6.07) is 2.98. The van der Waals surface area contributed by atoms with E-state index in [2.05, 4.69) is 5.92 Å². The van der Waals surface area contributed by atoms with Gasteiger partial charge in [-0.1, -0.05) is 5.92 Å². The van der Waals surface area contributed by atoms with Crippen molar-refractivity contribution in [3.8, 4) is 18.1 Å². The van der Waals surface area contributed by atoms with Crippen LogP contribution in [0, 0.1) is 18.2 Å². The Balaban J connectivity index is 3.22. The van der Waals surface area contributed by atoms with Gasteiger partial charge in [0.25, 0.3) is 9.05 Å². The summed E-state index contributed by atoms with van der Waals surface area (Å²) in [6.45, 7) is -0.120. The molecule has 1 aromatic rings. The number of ether oxygens (including phenoxy) is 1. The highest BCUT2D eigenvalue weighted by Gasteiger charge is 2.17. The smallest absolute Gasteiger partial charge is 0.265 e. The van der Waals surface area contributed by atoms with Crippen molar-refractivity contribution in [2.45, 2.75) is 4.90 Å². The third kappa shape index (κ3) is 3.11. The summed E-state index contributed by atoms with van der Waals surface area (Å²) in [7, 11) is 1.04. The monoisotopic (exact) mass is 248 g/mol. The lowest BCUT2D eigenvalue weighted by molar-refractivity contribution is 0.359. The summed E-state index contributed by atoms with van der Waals surface area (Å²) in [5.74, 6) is 1.37. The molecule has 1 rings (SSSR count). The van der Waals surface area contributed by atoms with Gasteiger partial charge in [-0.15, -0.1) is 6.42 Å². The molecule has 0 aliphatic carbocycles. The van der Waals surface area contributed by atoms with E-state index in [1.807, 2.05) is 0 Å². The van der Waals surface area contributed by atoms with E-state index in [1.54, 1.807) is 0 Å². The van der Waals surface area contributed by atoms with Gasteiger partial charge < -0.3 is 4.74 Å². The Labute approximate surface area is 91.2 Å². The van der Waals surface area contributed by atoms with Crippen LogP contribution < -0.4 is 4.74 Å². The van der Waals surface area contributed by atoms with Gasteiger partial charge in [0.2, 0.25) is 0 Å². The summed E-state index contributed by atoms with van der Waals surface area (Å²) in [4.78, 5) is -0.431. The van der Waals surface area contributed by atoms with Gasteiger partial charge in [-0.2, -0.15) is 0 Å². The van der Waals surface area contributed by atoms with Crippen molar-refractivity contribution in [2.24, 2.45) is 0 Å². The van der Waals surface area contributed by atoms with Crippen molar-refractivity contribution in [1.82, 2.24) is 0 Å². The number of terminal acetylenes is 1. The molecule has 0 spiro atoms. The van der Waals surface area contributed by atoms with E-state index < -0.39 is 19.8 Å². The molecule has 0 fully saturated rings. The lowest BCUT2D eigenvalue weighted by atomic mass is 10.3. The summed E-state index contributed by atoms with van der Waals surface area (Å²) in [5, 5.41) is 0. The average molecular weight is 249 g/mol. The van der Waals surface area contributed by atoms with Crippen LogP contribution in [0.1, 0.15) is 0 Å². The molecule has 0 radical (unpaired) electrons. The Bertz CT molecular complexity index is 505. The molecular formula is C9H6ClFO3S. The Hall–Kier alpha value is -1.25. The summed E-state index contributed by atoms with van der Waals surface area (Å²) < 4.78 is 39.8. The topological polar surface area (TPSA) is 43.4 Å². The molecule has 0 N–H and O–H groups in total. The fraction of sp³-hybridized carbons (Fsp3) is 0.111. The normalized spacial score (nSPS) is 10.7. The molecule has 0 bridgehead atoms. The first-order valence-corrected chi connectivity index (χ1v) is 6.06. The minimum absolute atomic E-state index is 0.0654. The summed E-state index contributed by atoms with van der Waals surface area (Å²) >= 11 is 0. The molecule has 0 unspecified atom stereocenters. The summed E-state index contributed by atoms with van der Waals surface area (Å²) in [6.07, 6.45) is 4.93. The van der Waals surface area contributed by atoms with Gasteiger partial charge in [-0.3, -0.25) is 0 Å². The number of rotatable bonds is 3. The van der Waals surface area contributed by atoms with Crippen LogP contribution in [0.2, 0.25) is 0 Å². The van der Waals surface area contributed by atoms with Crippen molar-refractivity contribution in [1.29, 1.82) is 0 Å². The zero-order valence-corrected chi connectivity index (χ0v) is 8.98. The van der Waals surface area contributed by atoms with Gasteiger partial charge in [0.05, 0.1) is 0 Å². The zero-order valence-electron chi connectivity index (χ0n) is 7.41. The molecule has 0 amide bonds. The Morgan fingerprint density at radius 1 is 1.53 bits per heavy atom. The SMILES string of the molecule is C#CCOc1ccc(F)cc1S(=O)(=O)Cl. The van der Waals surface area contributed by atoms with Crippen molar-refractivity contribution < 1.29 is 17.5 Å². The third-order valence-electron chi connectivity index (χ3n) is 1.48. The van der Waals surface area contributed by atoms with Crippen LogP contribution in [0.25, 0.3) is 0 Å². The van der Waals surface area contributed by atoms with Crippen molar-refractivity contribution in [3.05, 3.63) is 24.0 Å². The number of halogens is 2. The maximum atomic E-state index is 12.8. The fourth-order valence-corrected chi connectivity index (χ4v) is 1.89. The van der Waals surface area contributed by atoms with Gasteiger partial charge in [0.15, 0.2) is 0 Å². The van der Waals surface area contributed by atoms with E-state index in [4.69, 9.17) is 21.8 Å². The number of hydrogen-bond donors (Lipinski definition) is 0. The first-order chi connectivity index (χ1) is 6.95. The Kier molecular flexibility index (Phi) is 3.56. The largest absolute Gasteiger partial charge is 0.480 e. The molecule has 6 heteroatoms. The molecule has 0 saturated carbocycles. The lowest BCUT2D eigenvalue weighted by Crippen LogP contribution is -2.00. The van der Waals surface area contributed by atoms with Gasteiger partial charge in [-0.25, -0.2) is 12.8 Å². The Morgan fingerprint density at radius 2 is 2.20 bits per heavy atom. The first-order valence-electron chi connectivity index (χ1n) is 3.75. The van der Waals surface area contributed by atoms with E-state index in [9.17, 15) is 12.8 Å². The molecule has 0 saturated heterocycles. The maximum absolute atomic E-state index is 12.8. The van der Waals surface area contributed by atoms with Crippen LogP contribution in [-0.2, 0) is 9.05 Å². The minimum atomic E-state index is -4.05. The zero-order chi connectivity index (χ0) is 11.5.